The first kappa shape index (κ1) is 22.0. The van der Waals surface area contributed by atoms with E-state index < -0.39 is 10.0 Å². The van der Waals surface area contributed by atoms with Crippen molar-refractivity contribution in [2.75, 3.05) is 13.2 Å². The molecule has 1 aromatic heterocycles. The first-order valence-corrected chi connectivity index (χ1v) is 12.9. The highest BCUT2D eigenvalue weighted by Crippen LogP contribution is 2.34. The Morgan fingerprint density at radius 3 is 2.33 bits per heavy atom. The summed E-state index contributed by atoms with van der Waals surface area (Å²) in [5.74, 6) is 1.23. The number of hydrogen-bond donors (Lipinski definition) is 1. The third kappa shape index (κ3) is 4.37. The lowest BCUT2D eigenvalue weighted by atomic mass is 9.95. The molecular weight excluding hydrogens is 440 g/mol. The molecule has 174 valence electrons. The van der Waals surface area contributed by atoms with Crippen molar-refractivity contribution in [3.8, 4) is 11.5 Å². The van der Waals surface area contributed by atoms with Crippen molar-refractivity contribution in [3.63, 3.8) is 0 Å². The van der Waals surface area contributed by atoms with Crippen LogP contribution in [0.15, 0.2) is 52.2 Å². The van der Waals surface area contributed by atoms with Crippen LogP contribution in [-0.4, -0.2) is 37.0 Å². The van der Waals surface area contributed by atoms with Gasteiger partial charge in [0.15, 0.2) is 11.5 Å². The summed E-state index contributed by atoms with van der Waals surface area (Å²) in [4.78, 5) is 16.1. The van der Waals surface area contributed by atoms with E-state index in [1.807, 2.05) is 13.0 Å². The zero-order valence-electron chi connectivity index (χ0n) is 18.7. The summed E-state index contributed by atoms with van der Waals surface area (Å²) < 4.78 is 40.2. The molecular formula is C25H28N2O5S. The Balaban J connectivity index is 1.55. The van der Waals surface area contributed by atoms with Crippen LogP contribution in [0.2, 0.25) is 0 Å². The van der Waals surface area contributed by atoms with Crippen molar-refractivity contribution in [3.05, 3.63) is 63.9 Å². The Hall–Kier alpha value is -2.84. The zero-order valence-corrected chi connectivity index (χ0v) is 19.5. The maximum atomic E-state index is 13.7. The third-order valence-corrected chi connectivity index (χ3v) is 8.43. The molecule has 1 fully saturated rings. The molecule has 0 bridgehead atoms. The normalized spacial score (nSPS) is 16.9. The minimum absolute atomic E-state index is 0.0284. The Labute approximate surface area is 193 Å². The first-order valence-electron chi connectivity index (χ1n) is 11.5. The summed E-state index contributed by atoms with van der Waals surface area (Å²) in [7, 11) is -3.76. The topological polar surface area (TPSA) is 88.7 Å². The summed E-state index contributed by atoms with van der Waals surface area (Å²) in [6.07, 6.45) is 4.69. The number of aromatic amines is 1. The van der Waals surface area contributed by atoms with E-state index in [4.69, 9.17) is 9.47 Å². The number of pyridine rings is 1. The lowest BCUT2D eigenvalue weighted by Gasteiger charge is -2.33. The van der Waals surface area contributed by atoms with E-state index in [0.29, 0.717) is 35.8 Å². The average molecular weight is 469 g/mol. The molecule has 8 heteroatoms. The average Bonchev–Trinajstić information content (AvgIpc) is 2.82. The van der Waals surface area contributed by atoms with Crippen molar-refractivity contribution in [1.29, 1.82) is 0 Å². The highest BCUT2D eigenvalue weighted by atomic mass is 32.2. The van der Waals surface area contributed by atoms with Gasteiger partial charge in [-0.1, -0.05) is 37.0 Å². The molecule has 0 spiro atoms. The van der Waals surface area contributed by atoms with Gasteiger partial charge < -0.3 is 14.5 Å². The quantitative estimate of drug-likeness (QED) is 0.608. The monoisotopic (exact) mass is 468 g/mol. The van der Waals surface area contributed by atoms with Crippen molar-refractivity contribution >= 4 is 20.9 Å². The van der Waals surface area contributed by atoms with Crippen LogP contribution >= 0.6 is 0 Å². The summed E-state index contributed by atoms with van der Waals surface area (Å²) in [5, 5.41) is 0.783. The van der Waals surface area contributed by atoms with Gasteiger partial charge in [0, 0.05) is 29.6 Å². The predicted molar refractivity (Wildman–Crippen MR) is 126 cm³/mol. The van der Waals surface area contributed by atoms with Crippen molar-refractivity contribution < 1.29 is 17.9 Å². The fourth-order valence-corrected chi connectivity index (χ4v) is 6.36. The van der Waals surface area contributed by atoms with Gasteiger partial charge in [-0.05, 0) is 44.0 Å². The predicted octanol–water partition coefficient (Wildman–Crippen LogP) is 4.13. The highest BCUT2D eigenvalue weighted by molar-refractivity contribution is 7.89. The Kier molecular flexibility index (Phi) is 5.88. The van der Waals surface area contributed by atoms with Crippen LogP contribution in [0.4, 0.5) is 0 Å². The molecule has 1 aliphatic carbocycles. The molecule has 2 aliphatic rings. The van der Waals surface area contributed by atoms with Gasteiger partial charge in [-0.2, -0.15) is 4.31 Å². The molecule has 0 radical (unpaired) electrons. The van der Waals surface area contributed by atoms with Crippen molar-refractivity contribution in [1.82, 2.24) is 9.29 Å². The van der Waals surface area contributed by atoms with E-state index in [0.717, 1.165) is 43.1 Å². The molecule has 1 aliphatic heterocycles. The summed E-state index contributed by atoms with van der Waals surface area (Å²) >= 11 is 0. The summed E-state index contributed by atoms with van der Waals surface area (Å²) in [6.45, 7) is 2.89. The zero-order chi connectivity index (χ0) is 23.0. The van der Waals surface area contributed by atoms with Crippen molar-refractivity contribution in [2.45, 2.75) is 56.5 Å². The number of rotatable bonds is 5. The lowest BCUT2D eigenvalue weighted by Crippen LogP contribution is -2.42. The molecule has 3 aromatic rings. The van der Waals surface area contributed by atoms with Crippen LogP contribution in [0.1, 0.15) is 43.2 Å². The molecule has 33 heavy (non-hydrogen) atoms. The number of benzene rings is 2. The van der Waals surface area contributed by atoms with Crippen molar-refractivity contribution in [2.24, 2.45) is 0 Å². The van der Waals surface area contributed by atoms with E-state index in [9.17, 15) is 13.2 Å². The number of aryl methyl sites for hydroxylation is 1. The number of hydrogen-bond acceptors (Lipinski definition) is 5. The first-order chi connectivity index (χ1) is 15.9. The van der Waals surface area contributed by atoms with Gasteiger partial charge in [0.25, 0.3) is 5.56 Å². The molecule has 2 heterocycles. The molecule has 0 atom stereocenters. The van der Waals surface area contributed by atoms with Crippen LogP contribution in [0.3, 0.4) is 0 Å². The van der Waals surface area contributed by atoms with E-state index in [-0.39, 0.29) is 23.0 Å². The SMILES string of the molecule is Cc1ccc(S(=O)(=O)N(Cc2cc3cc4c(cc3[nH]c2=O)OCCO4)C2CCCCC2)cc1. The number of sulfonamides is 1. The van der Waals surface area contributed by atoms with Crippen LogP contribution in [0.25, 0.3) is 10.9 Å². The third-order valence-electron chi connectivity index (χ3n) is 6.52. The standard InChI is InChI=1S/C25H28N2O5S/c1-17-7-9-21(10-8-17)33(29,30)27(20-5-3-2-4-6-20)16-19-13-18-14-23-24(32-12-11-31-23)15-22(18)26-25(19)28/h7-10,13-15,20H,2-6,11-12,16H2,1H3,(H,26,28). The second kappa shape index (κ2) is 8.83. The van der Waals surface area contributed by atoms with E-state index in [2.05, 4.69) is 4.98 Å². The molecule has 2 aromatic carbocycles. The van der Waals surface area contributed by atoms with Gasteiger partial charge in [-0.25, -0.2) is 8.42 Å². The second-order valence-electron chi connectivity index (χ2n) is 8.86. The molecule has 0 saturated heterocycles. The molecule has 0 amide bonds. The number of nitrogens with one attached hydrogen (secondary N) is 1. The van der Waals surface area contributed by atoms with Gasteiger partial charge in [0.1, 0.15) is 13.2 Å². The highest BCUT2D eigenvalue weighted by Gasteiger charge is 2.33. The molecule has 1 saturated carbocycles. The van der Waals surface area contributed by atoms with Crippen LogP contribution < -0.4 is 15.0 Å². The number of nitrogens with zero attached hydrogens (tertiary/aromatic N) is 1. The van der Waals surface area contributed by atoms with Crippen LogP contribution in [0.5, 0.6) is 11.5 Å². The lowest BCUT2D eigenvalue weighted by molar-refractivity contribution is 0.172. The van der Waals surface area contributed by atoms with E-state index >= 15 is 0 Å². The minimum Gasteiger partial charge on any atom is -0.486 e. The van der Waals surface area contributed by atoms with E-state index in [1.165, 1.54) is 4.31 Å². The van der Waals surface area contributed by atoms with Gasteiger partial charge >= 0.3 is 0 Å². The van der Waals surface area contributed by atoms with Crippen LogP contribution in [0, 0.1) is 6.92 Å². The largest absolute Gasteiger partial charge is 0.486 e. The fraction of sp³-hybridized carbons (Fsp3) is 0.400. The molecule has 5 rings (SSSR count). The smallest absolute Gasteiger partial charge is 0.252 e. The van der Waals surface area contributed by atoms with Gasteiger partial charge in [-0.15, -0.1) is 0 Å². The van der Waals surface area contributed by atoms with Gasteiger partial charge in [-0.3, -0.25) is 4.79 Å². The minimum atomic E-state index is -3.76. The fourth-order valence-electron chi connectivity index (χ4n) is 4.70. The van der Waals surface area contributed by atoms with Gasteiger partial charge in [0.2, 0.25) is 10.0 Å². The molecule has 7 nitrogen and oxygen atoms in total. The number of aromatic nitrogens is 1. The van der Waals surface area contributed by atoms with Crippen LogP contribution in [-0.2, 0) is 16.6 Å². The number of fused-ring (bicyclic) bond motifs is 2. The number of H-pyrrole nitrogens is 1. The molecule has 0 unspecified atom stereocenters. The summed E-state index contributed by atoms with van der Waals surface area (Å²) in [6, 6.07) is 12.1. The maximum Gasteiger partial charge on any atom is 0.252 e. The van der Waals surface area contributed by atoms with E-state index in [1.54, 1.807) is 36.4 Å². The number of ether oxygens (including phenoxy) is 2. The Morgan fingerprint density at radius 2 is 1.64 bits per heavy atom. The Bertz CT molecular complexity index is 1330. The summed E-state index contributed by atoms with van der Waals surface area (Å²) in [5.41, 5.74) is 1.76. The molecule has 1 N–H and O–H groups in total. The van der Waals surface area contributed by atoms with Gasteiger partial charge in [0.05, 0.1) is 10.4 Å². The maximum absolute atomic E-state index is 13.7. The second-order valence-corrected chi connectivity index (χ2v) is 10.8. The Morgan fingerprint density at radius 1 is 0.970 bits per heavy atom.